The van der Waals surface area contributed by atoms with Crippen LogP contribution in [0.15, 0.2) is 9.31 Å². The summed E-state index contributed by atoms with van der Waals surface area (Å²) < 4.78 is 32.6. The molecule has 0 radical (unpaired) electrons. The van der Waals surface area contributed by atoms with Gasteiger partial charge in [-0.05, 0) is 25.7 Å². The summed E-state index contributed by atoms with van der Waals surface area (Å²) in [7, 11) is -3.56. The molecule has 0 saturated heterocycles. The van der Waals surface area contributed by atoms with Gasteiger partial charge in [-0.2, -0.15) is 0 Å². The van der Waals surface area contributed by atoms with E-state index in [2.05, 4.69) is 25.5 Å². The van der Waals surface area contributed by atoms with E-state index < -0.39 is 10.0 Å². The van der Waals surface area contributed by atoms with Crippen molar-refractivity contribution in [3.63, 3.8) is 0 Å². The molecular weight excluding hydrogens is 264 g/mol. The second-order valence-electron chi connectivity index (χ2n) is 5.93. The van der Waals surface area contributed by atoms with Crippen molar-refractivity contribution in [2.45, 2.75) is 52.5 Å². The molecule has 0 saturated carbocycles. The molecule has 1 aromatic rings. The average Bonchev–Trinajstić information content (AvgIpc) is 2.50. The van der Waals surface area contributed by atoms with Gasteiger partial charge < -0.3 is 10.2 Å². The predicted octanol–water partition coefficient (Wildman–Crippen LogP) is 2.07. The molecule has 0 fully saturated rings. The Labute approximate surface area is 115 Å². The van der Waals surface area contributed by atoms with Gasteiger partial charge in [0.1, 0.15) is 16.4 Å². The minimum atomic E-state index is -3.56. The Hall–Kier alpha value is -0.850. The zero-order chi connectivity index (χ0) is 14.8. The number of furan rings is 1. The highest BCUT2D eigenvalue weighted by molar-refractivity contribution is 7.89. The number of hydrogen-bond donors (Lipinski definition) is 2. The summed E-state index contributed by atoms with van der Waals surface area (Å²) >= 11 is 0. The molecule has 1 aromatic heterocycles. The normalized spacial score (nSPS) is 12.9. The van der Waals surface area contributed by atoms with Crippen molar-refractivity contribution >= 4 is 10.0 Å². The molecule has 5 nitrogen and oxygen atoms in total. The van der Waals surface area contributed by atoms with Gasteiger partial charge in [-0.3, -0.25) is 0 Å². The maximum Gasteiger partial charge on any atom is 0.244 e. The molecule has 0 bridgehead atoms. The van der Waals surface area contributed by atoms with E-state index >= 15 is 0 Å². The number of nitrogens with one attached hydrogen (secondary N) is 1. The molecule has 110 valence electrons. The number of sulfonamides is 1. The minimum Gasteiger partial charge on any atom is -0.465 e. The molecule has 0 aliphatic rings. The van der Waals surface area contributed by atoms with Crippen LogP contribution in [0.2, 0.25) is 0 Å². The Morgan fingerprint density at radius 3 is 2.26 bits per heavy atom. The SMILES string of the molecule is Cc1oc(C)c(S(=O)(=O)NCCC(C)(C)C)c1CN. The fourth-order valence-corrected chi connectivity index (χ4v) is 3.42. The fourth-order valence-electron chi connectivity index (χ4n) is 1.93. The van der Waals surface area contributed by atoms with Gasteiger partial charge in [0.2, 0.25) is 10.0 Å². The van der Waals surface area contributed by atoms with Gasteiger partial charge in [-0.1, -0.05) is 20.8 Å². The minimum absolute atomic E-state index is 0.0839. The molecule has 0 aliphatic carbocycles. The van der Waals surface area contributed by atoms with Crippen molar-refractivity contribution in [2.24, 2.45) is 11.1 Å². The summed E-state index contributed by atoms with van der Waals surface area (Å²) in [5.74, 6) is 0.956. The zero-order valence-electron chi connectivity index (χ0n) is 12.3. The van der Waals surface area contributed by atoms with Crippen molar-refractivity contribution < 1.29 is 12.8 Å². The third-order valence-electron chi connectivity index (χ3n) is 2.96. The monoisotopic (exact) mass is 288 g/mol. The maximum atomic E-state index is 12.3. The van der Waals surface area contributed by atoms with Crippen molar-refractivity contribution in [1.82, 2.24) is 4.72 Å². The molecule has 1 heterocycles. The van der Waals surface area contributed by atoms with Crippen molar-refractivity contribution in [1.29, 1.82) is 0 Å². The molecule has 0 spiro atoms. The number of aryl methyl sites for hydroxylation is 2. The van der Waals surface area contributed by atoms with Crippen LogP contribution in [0, 0.1) is 19.3 Å². The lowest BCUT2D eigenvalue weighted by Gasteiger charge is -2.18. The van der Waals surface area contributed by atoms with E-state index in [-0.39, 0.29) is 16.9 Å². The highest BCUT2D eigenvalue weighted by Crippen LogP contribution is 2.26. The van der Waals surface area contributed by atoms with Crippen LogP contribution >= 0.6 is 0 Å². The highest BCUT2D eigenvalue weighted by Gasteiger charge is 2.26. The summed E-state index contributed by atoms with van der Waals surface area (Å²) in [4.78, 5) is 0.196. The van der Waals surface area contributed by atoms with Gasteiger partial charge in [-0.25, -0.2) is 13.1 Å². The Balaban J connectivity index is 2.95. The Bertz CT molecular complexity index is 539. The van der Waals surface area contributed by atoms with E-state index in [0.717, 1.165) is 6.42 Å². The van der Waals surface area contributed by atoms with Crippen LogP contribution < -0.4 is 10.5 Å². The first-order valence-electron chi connectivity index (χ1n) is 6.37. The topological polar surface area (TPSA) is 85.3 Å². The molecule has 1 rings (SSSR count). The van der Waals surface area contributed by atoms with Gasteiger partial charge in [0.05, 0.1) is 0 Å². The lowest BCUT2D eigenvalue weighted by Crippen LogP contribution is -2.28. The summed E-state index contributed by atoms with van der Waals surface area (Å²) in [6.45, 7) is 10.1. The molecule has 0 aromatic carbocycles. The molecule has 0 atom stereocenters. The highest BCUT2D eigenvalue weighted by atomic mass is 32.2. The summed E-state index contributed by atoms with van der Waals surface area (Å²) in [6.07, 6.45) is 0.764. The van der Waals surface area contributed by atoms with E-state index in [9.17, 15) is 8.42 Å². The van der Waals surface area contributed by atoms with Crippen LogP contribution in [0.3, 0.4) is 0 Å². The Morgan fingerprint density at radius 2 is 1.79 bits per heavy atom. The van der Waals surface area contributed by atoms with E-state index in [1.54, 1.807) is 13.8 Å². The van der Waals surface area contributed by atoms with Crippen molar-refractivity contribution in [3.8, 4) is 0 Å². The van der Waals surface area contributed by atoms with Crippen LogP contribution in [-0.2, 0) is 16.6 Å². The van der Waals surface area contributed by atoms with Crippen LogP contribution in [0.4, 0.5) is 0 Å². The van der Waals surface area contributed by atoms with E-state index in [0.29, 0.717) is 23.6 Å². The summed E-state index contributed by atoms with van der Waals surface area (Å²) in [6, 6.07) is 0. The predicted molar refractivity (Wildman–Crippen MR) is 75.3 cm³/mol. The molecule has 3 N–H and O–H groups in total. The number of rotatable bonds is 5. The smallest absolute Gasteiger partial charge is 0.244 e. The van der Waals surface area contributed by atoms with E-state index in [1.807, 2.05) is 0 Å². The first-order chi connectivity index (χ1) is 8.58. The fraction of sp³-hybridized carbons (Fsp3) is 0.692. The molecule has 0 aliphatic heterocycles. The Morgan fingerprint density at radius 1 is 1.21 bits per heavy atom. The third-order valence-corrected chi connectivity index (χ3v) is 4.62. The first kappa shape index (κ1) is 16.2. The van der Waals surface area contributed by atoms with Crippen molar-refractivity contribution in [3.05, 3.63) is 17.1 Å². The summed E-state index contributed by atoms with van der Waals surface area (Å²) in [5.41, 5.74) is 6.25. The third kappa shape index (κ3) is 4.06. The molecule has 19 heavy (non-hydrogen) atoms. The second kappa shape index (κ2) is 5.64. The van der Waals surface area contributed by atoms with Gasteiger partial charge in [0, 0.05) is 18.7 Å². The molecule has 6 heteroatoms. The second-order valence-corrected chi connectivity index (χ2v) is 7.64. The van der Waals surface area contributed by atoms with Crippen LogP contribution in [-0.4, -0.2) is 15.0 Å². The quantitative estimate of drug-likeness (QED) is 0.868. The average molecular weight is 288 g/mol. The summed E-state index contributed by atoms with van der Waals surface area (Å²) in [5, 5.41) is 0. The van der Waals surface area contributed by atoms with Gasteiger partial charge in [0.15, 0.2) is 0 Å². The van der Waals surface area contributed by atoms with Crippen molar-refractivity contribution in [2.75, 3.05) is 6.54 Å². The van der Waals surface area contributed by atoms with E-state index in [1.165, 1.54) is 0 Å². The standard InChI is InChI=1S/C13H24N2O3S/c1-9-11(8-14)12(10(2)18-9)19(16,17)15-7-6-13(3,4)5/h15H,6-8,14H2,1-5H3. The lowest BCUT2D eigenvalue weighted by molar-refractivity contribution is 0.378. The van der Waals surface area contributed by atoms with Crippen LogP contribution in [0.5, 0.6) is 0 Å². The lowest BCUT2D eigenvalue weighted by atomic mass is 9.93. The number of hydrogen-bond acceptors (Lipinski definition) is 4. The Kier molecular flexibility index (Phi) is 4.81. The van der Waals surface area contributed by atoms with Gasteiger partial charge >= 0.3 is 0 Å². The zero-order valence-corrected chi connectivity index (χ0v) is 13.1. The molecule has 0 unspecified atom stereocenters. The molecular formula is C13H24N2O3S. The molecule has 0 amide bonds. The largest absolute Gasteiger partial charge is 0.465 e. The van der Waals surface area contributed by atoms with E-state index in [4.69, 9.17) is 10.2 Å². The number of nitrogens with two attached hydrogens (primary N) is 1. The van der Waals surface area contributed by atoms with Gasteiger partial charge in [0.25, 0.3) is 0 Å². The maximum absolute atomic E-state index is 12.3. The van der Waals surface area contributed by atoms with Crippen LogP contribution in [0.25, 0.3) is 0 Å². The van der Waals surface area contributed by atoms with Gasteiger partial charge in [-0.15, -0.1) is 0 Å². The van der Waals surface area contributed by atoms with Crippen LogP contribution in [0.1, 0.15) is 44.3 Å². The first-order valence-corrected chi connectivity index (χ1v) is 7.85.